The Morgan fingerprint density at radius 2 is 2.06 bits per heavy atom. The number of ether oxygens (including phenoxy) is 1. The van der Waals surface area contributed by atoms with E-state index in [-0.39, 0.29) is 0 Å². The summed E-state index contributed by atoms with van der Waals surface area (Å²) in [6.07, 6.45) is 0.895. The number of methoxy groups -OCH3 is 1. The summed E-state index contributed by atoms with van der Waals surface area (Å²) in [7, 11) is 1.60. The standard InChI is InChI=1S/C13H14O3/c1-9-6-11(8-16-9)13(14)10-4-3-5-12(7-10)15-2/h3-8,13-14H,1-2H3. The molecule has 0 aliphatic heterocycles. The van der Waals surface area contributed by atoms with Gasteiger partial charge < -0.3 is 14.3 Å². The van der Waals surface area contributed by atoms with Gasteiger partial charge in [0.2, 0.25) is 0 Å². The van der Waals surface area contributed by atoms with Crippen molar-refractivity contribution in [2.75, 3.05) is 7.11 Å². The number of rotatable bonds is 3. The van der Waals surface area contributed by atoms with Crippen molar-refractivity contribution >= 4 is 0 Å². The predicted octanol–water partition coefficient (Wildman–Crippen LogP) is 2.68. The summed E-state index contributed by atoms with van der Waals surface area (Å²) >= 11 is 0. The molecular weight excluding hydrogens is 204 g/mol. The largest absolute Gasteiger partial charge is 0.497 e. The average molecular weight is 218 g/mol. The molecule has 0 fully saturated rings. The fraction of sp³-hybridized carbons (Fsp3) is 0.231. The van der Waals surface area contributed by atoms with Gasteiger partial charge in [0.1, 0.15) is 17.6 Å². The van der Waals surface area contributed by atoms with Gasteiger partial charge in [-0.15, -0.1) is 0 Å². The van der Waals surface area contributed by atoms with Gasteiger partial charge in [0.05, 0.1) is 13.4 Å². The zero-order valence-corrected chi connectivity index (χ0v) is 9.31. The number of benzene rings is 1. The van der Waals surface area contributed by atoms with Crippen LogP contribution in [0.1, 0.15) is 23.0 Å². The van der Waals surface area contributed by atoms with Crippen molar-refractivity contribution in [1.29, 1.82) is 0 Å². The molecule has 1 aromatic heterocycles. The Kier molecular flexibility index (Phi) is 2.97. The summed E-state index contributed by atoms with van der Waals surface area (Å²) in [5.74, 6) is 1.52. The van der Waals surface area contributed by atoms with E-state index >= 15 is 0 Å². The first kappa shape index (κ1) is 10.8. The van der Waals surface area contributed by atoms with Gasteiger partial charge in [0, 0.05) is 5.56 Å². The Hall–Kier alpha value is -1.74. The molecule has 84 valence electrons. The van der Waals surface area contributed by atoms with E-state index in [0.717, 1.165) is 22.6 Å². The third kappa shape index (κ3) is 2.09. The van der Waals surface area contributed by atoms with Gasteiger partial charge in [0.15, 0.2) is 0 Å². The van der Waals surface area contributed by atoms with Crippen LogP contribution in [0.15, 0.2) is 41.0 Å². The molecule has 3 heteroatoms. The van der Waals surface area contributed by atoms with Gasteiger partial charge in [0.25, 0.3) is 0 Å². The Balaban J connectivity index is 2.29. The molecule has 0 bridgehead atoms. The van der Waals surface area contributed by atoms with Gasteiger partial charge in [-0.3, -0.25) is 0 Å². The second-order valence-corrected chi connectivity index (χ2v) is 3.67. The van der Waals surface area contributed by atoms with Gasteiger partial charge in [-0.1, -0.05) is 12.1 Å². The lowest BCUT2D eigenvalue weighted by atomic mass is 10.0. The lowest BCUT2D eigenvalue weighted by Gasteiger charge is -2.09. The van der Waals surface area contributed by atoms with Crippen LogP contribution in [0.3, 0.4) is 0 Å². The van der Waals surface area contributed by atoms with Crippen LogP contribution in [0.25, 0.3) is 0 Å². The summed E-state index contributed by atoms with van der Waals surface area (Å²) < 4.78 is 10.3. The van der Waals surface area contributed by atoms with Gasteiger partial charge in [-0.05, 0) is 30.7 Å². The molecule has 1 N–H and O–H groups in total. The highest BCUT2D eigenvalue weighted by Gasteiger charge is 2.13. The van der Waals surface area contributed by atoms with Crippen molar-refractivity contribution < 1.29 is 14.3 Å². The maximum Gasteiger partial charge on any atom is 0.119 e. The summed E-state index contributed by atoms with van der Waals surface area (Å²) in [4.78, 5) is 0. The summed E-state index contributed by atoms with van der Waals surface area (Å²) in [5, 5.41) is 10.1. The molecule has 0 spiro atoms. The molecule has 16 heavy (non-hydrogen) atoms. The van der Waals surface area contributed by atoms with E-state index in [1.54, 1.807) is 13.4 Å². The molecule has 1 atom stereocenters. The lowest BCUT2D eigenvalue weighted by molar-refractivity contribution is 0.218. The van der Waals surface area contributed by atoms with Crippen LogP contribution in [0, 0.1) is 6.92 Å². The first-order valence-corrected chi connectivity index (χ1v) is 5.08. The number of furan rings is 1. The molecule has 1 heterocycles. The highest BCUT2D eigenvalue weighted by atomic mass is 16.5. The predicted molar refractivity (Wildman–Crippen MR) is 60.5 cm³/mol. The lowest BCUT2D eigenvalue weighted by Crippen LogP contribution is -1.98. The molecule has 0 saturated carbocycles. The number of hydrogen-bond donors (Lipinski definition) is 1. The smallest absolute Gasteiger partial charge is 0.119 e. The normalized spacial score (nSPS) is 12.4. The second-order valence-electron chi connectivity index (χ2n) is 3.67. The molecule has 2 rings (SSSR count). The molecule has 1 unspecified atom stereocenters. The molecule has 0 amide bonds. The highest BCUT2D eigenvalue weighted by Crippen LogP contribution is 2.26. The van der Waals surface area contributed by atoms with Crippen LogP contribution in [0.2, 0.25) is 0 Å². The van der Waals surface area contributed by atoms with E-state index in [4.69, 9.17) is 9.15 Å². The van der Waals surface area contributed by atoms with E-state index in [1.807, 2.05) is 37.3 Å². The minimum atomic E-state index is -0.674. The molecule has 1 aromatic carbocycles. The molecule has 0 radical (unpaired) electrons. The summed E-state index contributed by atoms with van der Waals surface area (Å²) in [6, 6.07) is 9.19. The van der Waals surface area contributed by atoms with Crippen molar-refractivity contribution in [3.8, 4) is 5.75 Å². The highest BCUT2D eigenvalue weighted by molar-refractivity contribution is 5.34. The number of hydrogen-bond acceptors (Lipinski definition) is 3. The van der Waals surface area contributed by atoms with Crippen molar-refractivity contribution in [2.45, 2.75) is 13.0 Å². The van der Waals surface area contributed by atoms with Gasteiger partial charge in [-0.25, -0.2) is 0 Å². The Bertz CT molecular complexity index is 474. The molecule has 0 saturated heterocycles. The van der Waals surface area contributed by atoms with E-state index in [0.29, 0.717) is 0 Å². The Morgan fingerprint density at radius 3 is 2.69 bits per heavy atom. The van der Waals surface area contributed by atoms with Crippen molar-refractivity contribution in [3.63, 3.8) is 0 Å². The minimum Gasteiger partial charge on any atom is -0.497 e. The Labute approximate surface area is 94.3 Å². The Morgan fingerprint density at radius 1 is 1.25 bits per heavy atom. The maximum atomic E-state index is 10.1. The fourth-order valence-electron chi connectivity index (χ4n) is 1.61. The zero-order valence-electron chi connectivity index (χ0n) is 9.31. The van der Waals surface area contributed by atoms with E-state index in [2.05, 4.69) is 0 Å². The minimum absolute atomic E-state index is 0.674. The third-order valence-corrected chi connectivity index (χ3v) is 2.48. The van der Waals surface area contributed by atoms with Crippen molar-refractivity contribution in [3.05, 3.63) is 53.5 Å². The van der Waals surface area contributed by atoms with Crippen LogP contribution >= 0.6 is 0 Å². The van der Waals surface area contributed by atoms with Crippen molar-refractivity contribution in [1.82, 2.24) is 0 Å². The number of aliphatic hydroxyl groups excluding tert-OH is 1. The molecule has 3 nitrogen and oxygen atoms in total. The second kappa shape index (κ2) is 4.41. The van der Waals surface area contributed by atoms with Crippen LogP contribution in [-0.4, -0.2) is 12.2 Å². The fourth-order valence-corrected chi connectivity index (χ4v) is 1.61. The quantitative estimate of drug-likeness (QED) is 0.861. The molecular formula is C13H14O3. The average Bonchev–Trinajstić information content (AvgIpc) is 2.75. The van der Waals surface area contributed by atoms with E-state index in [1.165, 1.54) is 0 Å². The van der Waals surface area contributed by atoms with Gasteiger partial charge in [-0.2, -0.15) is 0 Å². The molecule has 2 aromatic rings. The first-order valence-electron chi connectivity index (χ1n) is 5.08. The first-order chi connectivity index (χ1) is 7.70. The van der Waals surface area contributed by atoms with Crippen LogP contribution in [0.5, 0.6) is 5.75 Å². The van der Waals surface area contributed by atoms with E-state index < -0.39 is 6.10 Å². The molecule has 0 aliphatic rings. The van der Waals surface area contributed by atoms with Crippen molar-refractivity contribution in [2.24, 2.45) is 0 Å². The molecule has 0 aliphatic carbocycles. The topological polar surface area (TPSA) is 42.6 Å². The SMILES string of the molecule is COc1cccc(C(O)c2coc(C)c2)c1. The summed E-state index contributed by atoms with van der Waals surface area (Å²) in [5.41, 5.74) is 1.55. The van der Waals surface area contributed by atoms with Crippen LogP contribution in [0.4, 0.5) is 0 Å². The third-order valence-electron chi connectivity index (χ3n) is 2.48. The van der Waals surface area contributed by atoms with Crippen LogP contribution in [-0.2, 0) is 0 Å². The zero-order chi connectivity index (χ0) is 11.5. The maximum absolute atomic E-state index is 10.1. The van der Waals surface area contributed by atoms with Gasteiger partial charge >= 0.3 is 0 Å². The monoisotopic (exact) mass is 218 g/mol. The number of aryl methyl sites for hydroxylation is 1. The van der Waals surface area contributed by atoms with Crippen LogP contribution < -0.4 is 4.74 Å². The summed E-state index contributed by atoms with van der Waals surface area (Å²) in [6.45, 7) is 1.85. The number of aliphatic hydroxyl groups is 1. The van der Waals surface area contributed by atoms with E-state index in [9.17, 15) is 5.11 Å².